The summed E-state index contributed by atoms with van der Waals surface area (Å²) in [6, 6.07) is 11.3. The number of nitrogens with zero attached hydrogens (tertiary/aromatic N) is 1. The zero-order valence-electron chi connectivity index (χ0n) is 15.0. The summed E-state index contributed by atoms with van der Waals surface area (Å²) < 4.78 is 31.2. The van der Waals surface area contributed by atoms with Gasteiger partial charge in [0.15, 0.2) is 0 Å². The molecule has 1 aliphatic heterocycles. The molecule has 0 radical (unpaired) electrons. The molecule has 1 saturated heterocycles. The van der Waals surface area contributed by atoms with Crippen LogP contribution in [0.3, 0.4) is 0 Å². The molecule has 0 aromatic heterocycles. The van der Waals surface area contributed by atoms with E-state index in [2.05, 4.69) is 21.2 Å². The second kappa shape index (κ2) is 8.08. The third-order valence-electron chi connectivity index (χ3n) is 4.47. The summed E-state index contributed by atoms with van der Waals surface area (Å²) >= 11 is 3.80. The third-order valence-corrected chi connectivity index (χ3v) is 5.93. The number of ether oxygens (including phenoxy) is 1. The fraction of sp³-hybridized carbons (Fsp3) is 0.263. The summed E-state index contributed by atoms with van der Waals surface area (Å²) in [6.45, 7) is 1.65. The summed E-state index contributed by atoms with van der Waals surface area (Å²) in [6.07, 6.45) is 0. The van der Waals surface area contributed by atoms with E-state index in [-0.39, 0.29) is 17.2 Å². The minimum atomic E-state index is -2.57. The Labute approximate surface area is 173 Å². The minimum absolute atomic E-state index is 0.000689. The van der Waals surface area contributed by atoms with Crippen LogP contribution in [0.1, 0.15) is 18.1 Å². The number of carbonyl (C=O) groups is 2. The van der Waals surface area contributed by atoms with Crippen LogP contribution in [0.5, 0.6) is 5.75 Å². The second-order valence-electron chi connectivity index (χ2n) is 6.29. The van der Waals surface area contributed by atoms with Crippen LogP contribution in [-0.2, 0) is 16.9 Å². The molecular weight excluding hydrogens is 454 g/mol. The van der Waals surface area contributed by atoms with Gasteiger partial charge in [0.05, 0.1) is 18.6 Å². The molecular formula is C19H17BrF2N2O3S. The molecule has 9 heteroatoms. The Balaban J connectivity index is 1.86. The first-order valence-electron chi connectivity index (χ1n) is 8.27. The molecule has 2 aromatic rings. The van der Waals surface area contributed by atoms with Crippen molar-refractivity contribution < 1.29 is 23.1 Å². The highest BCUT2D eigenvalue weighted by Crippen LogP contribution is 2.36. The molecule has 0 aliphatic carbocycles. The highest BCUT2D eigenvalue weighted by atomic mass is 79.9. The van der Waals surface area contributed by atoms with Crippen molar-refractivity contribution in [1.29, 1.82) is 0 Å². The van der Waals surface area contributed by atoms with Crippen LogP contribution < -0.4 is 10.1 Å². The van der Waals surface area contributed by atoms with Gasteiger partial charge in [0.1, 0.15) is 11.3 Å². The van der Waals surface area contributed by atoms with Crippen LogP contribution in [0, 0.1) is 0 Å². The van der Waals surface area contributed by atoms with Gasteiger partial charge in [-0.2, -0.15) is 8.78 Å². The highest BCUT2D eigenvalue weighted by Gasteiger charge is 2.49. The lowest BCUT2D eigenvalue weighted by atomic mass is 9.92. The average Bonchev–Trinajstić information content (AvgIpc) is 2.86. The van der Waals surface area contributed by atoms with Gasteiger partial charge in [-0.15, -0.1) is 0 Å². The van der Waals surface area contributed by atoms with Crippen molar-refractivity contribution in [3.63, 3.8) is 0 Å². The van der Waals surface area contributed by atoms with E-state index in [1.54, 1.807) is 37.3 Å². The summed E-state index contributed by atoms with van der Waals surface area (Å²) in [5.74, 6) is -2.70. The van der Waals surface area contributed by atoms with Crippen LogP contribution in [0.2, 0.25) is 0 Å². The van der Waals surface area contributed by atoms with Gasteiger partial charge in [0.2, 0.25) is 0 Å². The quantitative estimate of drug-likeness (QED) is 0.489. The van der Waals surface area contributed by atoms with Crippen LogP contribution in [-0.4, -0.2) is 29.7 Å². The van der Waals surface area contributed by atoms with Crippen molar-refractivity contribution in [2.75, 3.05) is 7.11 Å². The van der Waals surface area contributed by atoms with Crippen molar-refractivity contribution in [3.05, 3.63) is 58.1 Å². The number of hydrogen-bond acceptors (Lipinski definition) is 4. The lowest BCUT2D eigenvalue weighted by Gasteiger charge is -2.23. The predicted molar refractivity (Wildman–Crippen MR) is 105 cm³/mol. The van der Waals surface area contributed by atoms with Crippen LogP contribution in [0.15, 0.2) is 51.8 Å². The van der Waals surface area contributed by atoms with Crippen LogP contribution >= 0.6 is 27.7 Å². The molecule has 1 fully saturated rings. The smallest absolute Gasteiger partial charge is 0.325 e. The molecule has 1 aliphatic rings. The maximum Gasteiger partial charge on any atom is 0.325 e. The molecule has 5 nitrogen and oxygen atoms in total. The number of hydrogen-bond donors (Lipinski definition) is 1. The molecule has 3 rings (SSSR count). The number of methoxy groups -OCH3 is 1. The number of benzene rings is 2. The highest BCUT2D eigenvalue weighted by molar-refractivity contribution is 9.10. The topological polar surface area (TPSA) is 58.6 Å². The van der Waals surface area contributed by atoms with E-state index in [1.165, 1.54) is 13.2 Å². The van der Waals surface area contributed by atoms with Gasteiger partial charge in [-0.05, 0) is 30.7 Å². The van der Waals surface area contributed by atoms with E-state index in [9.17, 15) is 18.4 Å². The zero-order valence-corrected chi connectivity index (χ0v) is 17.4. The number of halogens is 3. The first-order chi connectivity index (χ1) is 13.3. The number of nitrogens with one attached hydrogen (secondary N) is 1. The van der Waals surface area contributed by atoms with Gasteiger partial charge in [0, 0.05) is 10.0 Å². The summed E-state index contributed by atoms with van der Waals surface area (Å²) in [5.41, 5.74) is 0.0414. The molecule has 1 unspecified atom stereocenters. The lowest BCUT2D eigenvalue weighted by molar-refractivity contribution is -0.131. The Hall–Kier alpha value is -2.13. The third kappa shape index (κ3) is 3.86. The molecule has 0 saturated carbocycles. The standard InChI is InChI=1S/C19H17BrF2N2O3S/c1-19(12-5-3-4-6-13(12)20)16(25)24(18(26)23-19)10-11-7-8-15(28-17(21)22)14(9-11)27-2/h3-9,17H,10H2,1-2H3,(H,23,26). The Morgan fingerprint density at radius 3 is 2.61 bits per heavy atom. The normalized spacial score (nSPS) is 19.3. The minimum Gasteiger partial charge on any atom is -0.496 e. The Bertz CT molecular complexity index is 928. The van der Waals surface area contributed by atoms with E-state index < -0.39 is 23.2 Å². The van der Waals surface area contributed by atoms with Gasteiger partial charge in [0.25, 0.3) is 11.7 Å². The summed E-state index contributed by atoms with van der Waals surface area (Å²) in [4.78, 5) is 26.9. The van der Waals surface area contributed by atoms with Gasteiger partial charge in [-0.25, -0.2) is 4.79 Å². The fourth-order valence-electron chi connectivity index (χ4n) is 3.08. The number of urea groups is 1. The van der Waals surface area contributed by atoms with Gasteiger partial charge in [-0.1, -0.05) is 52.0 Å². The van der Waals surface area contributed by atoms with Crippen molar-refractivity contribution in [2.45, 2.75) is 29.7 Å². The van der Waals surface area contributed by atoms with E-state index in [4.69, 9.17) is 4.74 Å². The average molecular weight is 471 g/mol. The molecule has 2 aromatic carbocycles. The van der Waals surface area contributed by atoms with Crippen LogP contribution in [0.4, 0.5) is 13.6 Å². The number of alkyl halides is 2. The molecule has 3 amide bonds. The molecule has 0 spiro atoms. The number of rotatable bonds is 6. The fourth-order valence-corrected chi connectivity index (χ4v) is 4.35. The number of thioether (sulfide) groups is 1. The monoisotopic (exact) mass is 470 g/mol. The summed E-state index contributed by atoms with van der Waals surface area (Å²) in [5, 5.41) is 2.75. The Morgan fingerprint density at radius 1 is 1.25 bits per heavy atom. The van der Waals surface area contributed by atoms with Crippen molar-refractivity contribution in [2.24, 2.45) is 0 Å². The van der Waals surface area contributed by atoms with E-state index in [1.807, 2.05) is 6.07 Å². The van der Waals surface area contributed by atoms with Gasteiger partial charge in [-0.3, -0.25) is 9.69 Å². The lowest BCUT2D eigenvalue weighted by Crippen LogP contribution is -2.41. The van der Waals surface area contributed by atoms with E-state index >= 15 is 0 Å². The number of amides is 3. The van der Waals surface area contributed by atoms with Gasteiger partial charge < -0.3 is 10.1 Å². The van der Waals surface area contributed by atoms with Crippen molar-refractivity contribution in [1.82, 2.24) is 10.2 Å². The van der Waals surface area contributed by atoms with Gasteiger partial charge >= 0.3 is 6.03 Å². The largest absolute Gasteiger partial charge is 0.496 e. The number of carbonyl (C=O) groups excluding carboxylic acids is 2. The second-order valence-corrected chi connectivity index (χ2v) is 8.18. The van der Waals surface area contributed by atoms with Crippen molar-refractivity contribution >= 4 is 39.6 Å². The van der Waals surface area contributed by atoms with E-state index in [0.29, 0.717) is 27.4 Å². The molecule has 148 valence electrons. The maximum atomic E-state index is 13.0. The van der Waals surface area contributed by atoms with Crippen molar-refractivity contribution in [3.8, 4) is 5.75 Å². The summed E-state index contributed by atoms with van der Waals surface area (Å²) in [7, 11) is 1.38. The molecule has 0 bridgehead atoms. The Morgan fingerprint density at radius 2 is 1.96 bits per heavy atom. The molecule has 28 heavy (non-hydrogen) atoms. The SMILES string of the molecule is COc1cc(CN2C(=O)NC(C)(c3ccccc3Br)C2=O)ccc1SC(F)F. The van der Waals surface area contributed by atoms with E-state index in [0.717, 1.165) is 4.90 Å². The Kier molecular flexibility index (Phi) is 5.95. The maximum absolute atomic E-state index is 13.0. The zero-order chi connectivity index (χ0) is 20.5. The molecule has 1 heterocycles. The number of imide groups is 1. The first-order valence-corrected chi connectivity index (χ1v) is 9.94. The molecule has 1 N–H and O–H groups in total. The predicted octanol–water partition coefficient (Wildman–Crippen LogP) is 4.74. The van der Waals surface area contributed by atoms with Crippen LogP contribution in [0.25, 0.3) is 0 Å². The molecule has 1 atom stereocenters. The first kappa shape index (κ1) is 20.6.